The Morgan fingerprint density at radius 3 is 2.61 bits per heavy atom. The first-order valence-electron chi connectivity index (χ1n) is 11.4. The van der Waals surface area contributed by atoms with Gasteiger partial charge in [-0.1, -0.05) is 12.1 Å². The Hall–Kier alpha value is -3.42. The standard InChI is InChI=1S/C25H27FN6O/c1-15-10-16(2)28-25(27-15)31-9-5-7-19(14-31)23-29-17(3)21-12-22(33)32(24(21)30-23)13-18-6-4-8-20(26)11-18/h4,6,8,10-11,19H,5,7,9,12-14H2,1-3H3. The van der Waals surface area contributed by atoms with E-state index in [2.05, 4.69) is 14.9 Å². The minimum atomic E-state index is -0.310. The monoisotopic (exact) mass is 446 g/mol. The third kappa shape index (κ3) is 4.29. The van der Waals surface area contributed by atoms with Crippen LogP contribution >= 0.6 is 0 Å². The molecule has 2 aliphatic heterocycles. The maximum atomic E-state index is 13.7. The quantitative estimate of drug-likeness (QED) is 0.607. The van der Waals surface area contributed by atoms with Crippen molar-refractivity contribution in [2.45, 2.75) is 52.5 Å². The summed E-state index contributed by atoms with van der Waals surface area (Å²) in [4.78, 5) is 35.6. The molecule has 3 aromatic rings. The lowest BCUT2D eigenvalue weighted by atomic mass is 9.97. The average molecular weight is 447 g/mol. The van der Waals surface area contributed by atoms with Crippen molar-refractivity contribution in [3.8, 4) is 0 Å². The number of hydrogen-bond donors (Lipinski definition) is 0. The van der Waals surface area contributed by atoms with Gasteiger partial charge in [0.15, 0.2) is 0 Å². The number of fused-ring (bicyclic) bond motifs is 1. The third-order valence-electron chi connectivity index (χ3n) is 6.36. The number of aryl methyl sites for hydroxylation is 3. The number of carbonyl (C=O) groups excluding carboxylic acids is 1. The molecule has 170 valence electrons. The highest BCUT2D eigenvalue weighted by atomic mass is 19.1. The summed E-state index contributed by atoms with van der Waals surface area (Å²) < 4.78 is 13.7. The molecule has 0 aliphatic carbocycles. The summed E-state index contributed by atoms with van der Waals surface area (Å²) in [6.45, 7) is 7.84. The number of hydrogen-bond acceptors (Lipinski definition) is 6. The third-order valence-corrected chi connectivity index (χ3v) is 6.36. The molecule has 0 N–H and O–H groups in total. The molecule has 1 amide bonds. The molecule has 1 fully saturated rings. The van der Waals surface area contributed by atoms with Crippen molar-refractivity contribution in [2.75, 3.05) is 22.9 Å². The summed E-state index contributed by atoms with van der Waals surface area (Å²) in [5.41, 5.74) is 4.35. The summed E-state index contributed by atoms with van der Waals surface area (Å²) in [5, 5.41) is 0. The SMILES string of the molecule is Cc1cc(C)nc(N2CCCC(c3nc(C)c4c(n3)N(Cc3cccc(F)c3)C(=O)C4)C2)n1. The van der Waals surface area contributed by atoms with Crippen LogP contribution in [-0.4, -0.2) is 38.9 Å². The van der Waals surface area contributed by atoms with Crippen molar-refractivity contribution in [1.82, 2.24) is 19.9 Å². The Morgan fingerprint density at radius 1 is 1.06 bits per heavy atom. The second-order valence-electron chi connectivity index (χ2n) is 8.99. The van der Waals surface area contributed by atoms with Crippen LogP contribution in [-0.2, 0) is 17.8 Å². The number of halogens is 1. The molecule has 1 unspecified atom stereocenters. The van der Waals surface area contributed by atoms with Gasteiger partial charge in [0.25, 0.3) is 0 Å². The molecule has 4 heterocycles. The lowest BCUT2D eigenvalue weighted by Crippen LogP contribution is -2.36. The van der Waals surface area contributed by atoms with Gasteiger partial charge in [0.2, 0.25) is 11.9 Å². The molecule has 7 nitrogen and oxygen atoms in total. The number of piperidine rings is 1. The Morgan fingerprint density at radius 2 is 1.85 bits per heavy atom. The van der Waals surface area contributed by atoms with Crippen LogP contribution in [0.25, 0.3) is 0 Å². The van der Waals surface area contributed by atoms with E-state index in [9.17, 15) is 9.18 Å². The molecule has 2 aliphatic rings. The molecular formula is C25H27FN6O. The van der Waals surface area contributed by atoms with Crippen LogP contribution in [0.15, 0.2) is 30.3 Å². The van der Waals surface area contributed by atoms with Crippen molar-refractivity contribution in [3.05, 3.63) is 70.2 Å². The van der Waals surface area contributed by atoms with E-state index >= 15 is 0 Å². The van der Waals surface area contributed by atoms with E-state index in [1.54, 1.807) is 11.0 Å². The van der Waals surface area contributed by atoms with Gasteiger partial charge in [-0.15, -0.1) is 0 Å². The topological polar surface area (TPSA) is 75.1 Å². The van der Waals surface area contributed by atoms with Gasteiger partial charge in [0, 0.05) is 41.7 Å². The normalized spacial score (nSPS) is 18.1. The fourth-order valence-electron chi connectivity index (χ4n) is 4.78. The van der Waals surface area contributed by atoms with E-state index in [4.69, 9.17) is 9.97 Å². The first-order chi connectivity index (χ1) is 15.9. The number of anilines is 2. The maximum absolute atomic E-state index is 13.7. The number of amides is 1. The van der Waals surface area contributed by atoms with Gasteiger partial charge < -0.3 is 4.90 Å². The van der Waals surface area contributed by atoms with E-state index < -0.39 is 0 Å². The highest BCUT2D eigenvalue weighted by molar-refractivity contribution is 6.00. The maximum Gasteiger partial charge on any atom is 0.233 e. The lowest BCUT2D eigenvalue weighted by Gasteiger charge is -2.32. The number of benzene rings is 1. The largest absolute Gasteiger partial charge is 0.340 e. The molecule has 1 atom stereocenters. The lowest BCUT2D eigenvalue weighted by molar-refractivity contribution is -0.117. The van der Waals surface area contributed by atoms with Gasteiger partial charge in [0.05, 0.1) is 13.0 Å². The van der Waals surface area contributed by atoms with Crippen LogP contribution in [0.5, 0.6) is 0 Å². The van der Waals surface area contributed by atoms with Crippen LogP contribution < -0.4 is 9.80 Å². The van der Waals surface area contributed by atoms with E-state index in [0.29, 0.717) is 12.4 Å². The first-order valence-corrected chi connectivity index (χ1v) is 11.4. The number of rotatable bonds is 4. The summed E-state index contributed by atoms with van der Waals surface area (Å²) in [7, 11) is 0. The van der Waals surface area contributed by atoms with Crippen LogP contribution in [0.1, 0.15) is 52.8 Å². The van der Waals surface area contributed by atoms with Gasteiger partial charge in [-0.05, 0) is 57.4 Å². The predicted molar refractivity (Wildman–Crippen MR) is 124 cm³/mol. The Kier molecular flexibility index (Phi) is 5.52. The van der Waals surface area contributed by atoms with Crippen molar-refractivity contribution >= 4 is 17.7 Å². The summed E-state index contributed by atoms with van der Waals surface area (Å²) in [6.07, 6.45) is 2.24. The highest BCUT2D eigenvalue weighted by Crippen LogP contribution is 2.34. The number of nitrogens with zero attached hydrogens (tertiary/aromatic N) is 6. The number of carbonyl (C=O) groups is 1. The molecule has 0 saturated carbocycles. The van der Waals surface area contributed by atoms with Crippen molar-refractivity contribution in [2.24, 2.45) is 0 Å². The summed E-state index contributed by atoms with van der Waals surface area (Å²) >= 11 is 0. The zero-order chi connectivity index (χ0) is 23.1. The first kappa shape index (κ1) is 21.4. The fraction of sp³-hybridized carbons (Fsp3) is 0.400. The van der Waals surface area contributed by atoms with Gasteiger partial charge >= 0.3 is 0 Å². The predicted octanol–water partition coefficient (Wildman–Crippen LogP) is 3.80. The molecule has 0 bridgehead atoms. The van der Waals surface area contributed by atoms with Crippen LogP contribution in [0, 0.1) is 26.6 Å². The molecule has 33 heavy (non-hydrogen) atoms. The minimum absolute atomic E-state index is 0.0299. The molecule has 8 heteroatoms. The summed E-state index contributed by atoms with van der Waals surface area (Å²) in [6, 6.07) is 8.33. The van der Waals surface area contributed by atoms with Crippen LogP contribution in [0.3, 0.4) is 0 Å². The van der Waals surface area contributed by atoms with E-state index in [1.807, 2.05) is 32.9 Å². The minimum Gasteiger partial charge on any atom is -0.340 e. The second-order valence-corrected chi connectivity index (χ2v) is 8.99. The summed E-state index contributed by atoms with van der Waals surface area (Å²) in [5.74, 6) is 1.94. The number of aromatic nitrogens is 4. The Balaban J connectivity index is 1.43. The smallest absolute Gasteiger partial charge is 0.233 e. The molecule has 2 aromatic heterocycles. The van der Waals surface area contributed by atoms with Crippen LogP contribution in [0.4, 0.5) is 16.2 Å². The van der Waals surface area contributed by atoms with Gasteiger partial charge in [-0.3, -0.25) is 9.69 Å². The van der Waals surface area contributed by atoms with E-state index in [-0.39, 0.29) is 24.1 Å². The molecule has 1 aromatic carbocycles. The van der Waals surface area contributed by atoms with Gasteiger partial charge in [-0.2, -0.15) is 0 Å². The second kappa shape index (κ2) is 8.50. The Bertz CT molecular complexity index is 1210. The fourth-order valence-corrected chi connectivity index (χ4v) is 4.78. The Labute approximate surface area is 192 Å². The van der Waals surface area contributed by atoms with E-state index in [0.717, 1.165) is 65.9 Å². The zero-order valence-corrected chi connectivity index (χ0v) is 19.2. The van der Waals surface area contributed by atoms with Crippen LogP contribution in [0.2, 0.25) is 0 Å². The molecular weight excluding hydrogens is 419 g/mol. The average Bonchev–Trinajstić information content (AvgIpc) is 3.09. The highest BCUT2D eigenvalue weighted by Gasteiger charge is 2.33. The zero-order valence-electron chi connectivity index (χ0n) is 19.2. The molecule has 0 spiro atoms. The van der Waals surface area contributed by atoms with Gasteiger partial charge in [-0.25, -0.2) is 24.3 Å². The molecule has 0 radical (unpaired) electrons. The molecule has 5 rings (SSSR count). The van der Waals surface area contributed by atoms with Crippen molar-refractivity contribution < 1.29 is 9.18 Å². The van der Waals surface area contributed by atoms with Crippen molar-refractivity contribution in [3.63, 3.8) is 0 Å². The molecule has 1 saturated heterocycles. The van der Waals surface area contributed by atoms with Crippen molar-refractivity contribution in [1.29, 1.82) is 0 Å². The van der Waals surface area contributed by atoms with E-state index in [1.165, 1.54) is 12.1 Å². The van der Waals surface area contributed by atoms with Gasteiger partial charge in [0.1, 0.15) is 17.5 Å².